The summed E-state index contributed by atoms with van der Waals surface area (Å²) in [4.78, 5) is 12.4. The molecule has 3 saturated carbocycles. The fraction of sp³-hybridized carbons (Fsp3) is 0.923. The monoisotopic (exact) mass is 724 g/mol. The predicted octanol–water partition coefficient (Wildman–Crippen LogP) is 2.21. The molecule has 0 unspecified atom stereocenters. The lowest BCUT2D eigenvalue weighted by atomic mass is 9.46. The van der Waals surface area contributed by atoms with E-state index in [0.29, 0.717) is 37.0 Å². The Hall–Kier alpha value is -1.03. The summed E-state index contributed by atoms with van der Waals surface area (Å²) in [5.41, 5.74) is 1.08. The molecule has 0 spiro atoms. The van der Waals surface area contributed by atoms with E-state index in [1.54, 1.807) is 0 Å². The topological polar surface area (TPSA) is 196 Å². The van der Waals surface area contributed by atoms with Crippen molar-refractivity contribution in [2.24, 2.45) is 46.3 Å². The third-order valence-electron chi connectivity index (χ3n) is 14.5. The van der Waals surface area contributed by atoms with Crippen LogP contribution in [0.3, 0.4) is 0 Å². The summed E-state index contributed by atoms with van der Waals surface area (Å²) < 4.78 is 24.8. The van der Waals surface area contributed by atoms with Gasteiger partial charge in [-0.3, -0.25) is 4.79 Å². The van der Waals surface area contributed by atoms with Crippen molar-refractivity contribution < 1.29 is 59.5 Å². The van der Waals surface area contributed by atoms with Crippen molar-refractivity contribution in [2.75, 3.05) is 6.61 Å². The number of hydrogen-bond acceptors (Lipinski definition) is 12. The van der Waals surface area contributed by atoms with E-state index in [-0.39, 0.29) is 34.4 Å². The van der Waals surface area contributed by atoms with Gasteiger partial charge in [0, 0.05) is 6.42 Å². The van der Waals surface area contributed by atoms with Crippen molar-refractivity contribution >= 4 is 5.78 Å². The van der Waals surface area contributed by atoms with Crippen LogP contribution in [0.25, 0.3) is 0 Å². The Bertz CT molecular complexity index is 1260. The highest BCUT2D eigenvalue weighted by atomic mass is 16.8. The lowest BCUT2D eigenvalue weighted by molar-refractivity contribution is -0.371. The van der Waals surface area contributed by atoms with Gasteiger partial charge in [0.2, 0.25) is 0 Å². The van der Waals surface area contributed by atoms with Crippen LogP contribution in [0.4, 0.5) is 0 Å². The number of hydrogen-bond donors (Lipinski definition) is 7. The first-order valence-corrected chi connectivity index (χ1v) is 19.6. The minimum absolute atomic E-state index is 0.0227. The predicted molar refractivity (Wildman–Crippen MR) is 185 cm³/mol. The SMILES string of the molecule is CC(C)CC[C@H](O)[C@@H](C)[C@H]1[C@@H](O[C@@H]2O[C@H](CO)[C@H](O)[C@H](O)[C@H]2O[C@H]2O[C@@H](C)[C@H](O)[C@@H](O)[C@H]2O)C[C@H]2[C@@H]3CCC4=CC(=O)CC[C@]4(C)[C@H]3CC[C@]12C. The normalized spacial score (nSPS) is 49.9. The molecule has 7 N–H and O–H groups in total. The molecule has 2 saturated heterocycles. The zero-order valence-corrected chi connectivity index (χ0v) is 31.2. The maximum Gasteiger partial charge on any atom is 0.187 e. The van der Waals surface area contributed by atoms with E-state index >= 15 is 0 Å². The van der Waals surface area contributed by atoms with Gasteiger partial charge in [-0.25, -0.2) is 0 Å². The Morgan fingerprint density at radius 3 is 2.27 bits per heavy atom. The maximum atomic E-state index is 12.4. The van der Waals surface area contributed by atoms with Crippen LogP contribution >= 0.6 is 0 Å². The van der Waals surface area contributed by atoms with Crippen LogP contribution in [0.1, 0.15) is 99.3 Å². The van der Waals surface area contributed by atoms with Gasteiger partial charge < -0.3 is 54.7 Å². The van der Waals surface area contributed by atoms with E-state index in [9.17, 15) is 40.5 Å². The minimum Gasteiger partial charge on any atom is -0.394 e. The molecule has 0 radical (unpaired) electrons. The summed E-state index contributed by atoms with van der Waals surface area (Å²) in [5, 5.41) is 75.6. The summed E-state index contributed by atoms with van der Waals surface area (Å²) in [5.74, 6) is 1.50. The standard InChI is InChI=1S/C39H64O12/c1-18(2)7-10-26(42)19(3)29-27(16-25-23-9-8-21-15-22(41)11-13-38(21,5)24(23)12-14-39(25,29)6)49-37-35(33(46)31(44)28(17-40)50-37)51-36-34(47)32(45)30(43)20(4)48-36/h15,18-20,23-37,40,42-47H,7-14,16-17H2,1-6H3/t19-,20+,23-,24+,25+,26+,27+,28-,29+,30+,31+,32-,33+,34-,35-,36-,37-,38+,39+/m1/s1. The summed E-state index contributed by atoms with van der Waals surface area (Å²) >= 11 is 0. The average Bonchev–Trinajstić information content (AvgIpc) is 3.39. The van der Waals surface area contributed by atoms with Crippen molar-refractivity contribution in [1.29, 1.82) is 0 Å². The Morgan fingerprint density at radius 2 is 1.59 bits per heavy atom. The second kappa shape index (κ2) is 15.2. The highest BCUT2D eigenvalue weighted by molar-refractivity contribution is 5.91. The molecule has 2 heterocycles. The largest absolute Gasteiger partial charge is 0.394 e. The zero-order chi connectivity index (χ0) is 37.2. The van der Waals surface area contributed by atoms with Gasteiger partial charge in [0.1, 0.15) is 42.7 Å². The van der Waals surface area contributed by atoms with Crippen LogP contribution in [0, 0.1) is 46.3 Å². The van der Waals surface area contributed by atoms with Crippen molar-refractivity contribution in [3.05, 3.63) is 11.6 Å². The minimum atomic E-state index is -1.66. The molecule has 0 bridgehead atoms. The van der Waals surface area contributed by atoms with Crippen molar-refractivity contribution in [3.63, 3.8) is 0 Å². The first kappa shape index (κ1) is 39.7. The van der Waals surface area contributed by atoms with Gasteiger partial charge in [0.15, 0.2) is 18.4 Å². The number of ether oxygens (including phenoxy) is 4. The van der Waals surface area contributed by atoms with Gasteiger partial charge in [-0.2, -0.15) is 0 Å². The molecular weight excluding hydrogens is 660 g/mol. The number of ketones is 1. The number of rotatable bonds is 10. The molecule has 12 heteroatoms. The van der Waals surface area contributed by atoms with Crippen LogP contribution in [0.2, 0.25) is 0 Å². The van der Waals surface area contributed by atoms with Gasteiger partial charge in [0.05, 0.1) is 24.9 Å². The maximum absolute atomic E-state index is 12.4. The molecule has 4 aliphatic carbocycles. The first-order valence-electron chi connectivity index (χ1n) is 19.6. The van der Waals surface area contributed by atoms with E-state index in [4.69, 9.17) is 18.9 Å². The Kier molecular flexibility index (Phi) is 11.9. The van der Waals surface area contributed by atoms with Crippen LogP contribution in [0.5, 0.6) is 0 Å². The van der Waals surface area contributed by atoms with E-state index in [1.807, 2.05) is 6.08 Å². The van der Waals surface area contributed by atoms with Gasteiger partial charge in [0.25, 0.3) is 0 Å². The van der Waals surface area contributed by atoms with E-state index in [1.165, 1.54) is 12.5 Å². The lowest BCUT2D eigenvalue weighted by Crippen LogP contribution is -2.64. The van der Waals surface area contributed by atoms with Crippen LogP contribution in [-0.2, 0) is 23.7 Å². The fourth-order valence-electron chi connectivity index (χ4n) is 11.4. The Balaban J connectivity index is 1.32. The number of fused-ring (bicyclic) bond motifs is 5. The van der Waals surface area contributed by atoms with E-state index in [0.717, 1.165) is 38.5 Å². The van der Waals surface area contributed by atoms with Gasteiger partial charge >= 0.3 is 0 Å². The van der Waals surface area contributed by atoms with Gasteiger partial charge in [-0.05, 0) is 111 Å². The Morgan fingerprint density at radius 1 is 0.863 bits per heavy atom. The number of carbonyl (C=O) groups excluding carboxylic acids is 1. The van der Waals surface area contributed by atoms with Crippen molar-refractivity contribution in [1.82, 2.24) is 0 Å². The highest BCUT2D eigenvalue weighted by Gasteiger charge is 2.64. The van der Waals surface area contributed by atoms with Crippen molar-refractivity contribution in [3.8, 4) is 0 Å². The molecule has 292 valence electrons. The zero-order valence-electron chi connectivity index (χ0n) is 31.2. The molecule has 12 nitrogen and oxygen atoms in total. The van der Waals surface area contributed by atoms with Gasteiger partial charge in [-0.15, -0.1) is 0 Å². The summed E-state index contributed by atoms with van der Waals surface area (Å²) in [6, 6.07) is 0. The second-order valence-corrected chi connectivity index (χ2v) is 17.8. The van der Waals surface area contributed by atoms with Crippen LogP contribution < -0.4 is 0 Å². The van der Waals surface area contributed by atoms with Gasteiger partial charge in [-0.1, -0.05) is 40.2 Å². The van der Waals surface area contributed by atoms with Crippen molar-refractivity contribution in [2.45, 2.75) is 173 Å². The number of carbonyl (C=O) groups is 1. The fourth-order valence-corrected chi connectivity index (χ4v) is 11.4. The van der Waals surface area contributed by atoms with E-state index in [2.05, 4.69) is 34.6 Å². The molecule has 0 aromatic carbocycles. The summed E-state index contributed by atoms with van der Waals surface area (Å²) in [6.45, 7) is 12.0. The highest BCUT2D eigenvalue weighted by Crippen LogP contribution is 2.68. The quantitative estimate of drug-likeness (QED) is 0.174. The molecule has 6 rings (SSSR count). The molecule has 19 atom stereocenters. The molecule has 2 aliphatic heterocycles. The number of aliphatic hydroxyl groups excluding tert-OH is 7. The molecule has 5 fully saturated rings. The summed E-state index contributed by atoms with van der Waals surface area (Å²) in [7, 11) is 0. The third kappa shape index (κ3) is 7.14. The first-order chi connectivity index (χ1) is 24.0. The van der Waals surface area contributed by atoms with Crippen LogP contribution in [-0.4, -0.2) is 122 Å². The van der Waals surface area contributed by atoms with E-state index < -0.39 is 80.2 Å². The summed E-state index contributed by atoms with van der Waals surface area (Å²) in [6.07, 6.45) is -5.60. The average molecular weight is 725 g/mol. The van der Waals surface area contributed by atoms with Crippen LogP contribution in [0.15, 0.2) is 11.6 Å². The second-order valence-electron chi connectivity index (χ2n) is 17.8. The molecule has 0 aromatic rings. The molecular formula is C39H64O12. The lowest BCUT2D eigenvalue weighted by Gasteiger charge is -2.58. The molecule has 51 heavy (non-hydrogen) atoms. The number of aliphatic hydroxyl groups is 7. The third-order valence-corrected chi connectivity index (χ3v) is 14.5. The molecule has 6 aliphatic rings. The number of allylic oxidation sites excluding steroid dienone is 1. The Labute approximate surface area is 302 Å². The molecule has 0 aromatic heterocycles. The smallest absolute Gasteiger partial charge is 0.187 e. The molecule has 0 amide bonds.